The van der Waals surface area contributed by atoms with Crippen molar-refractivity contribution in [2.24, 2.45) is 5.92 Å². The van der Waals surface area contributed by atoms with E-state index in [-0.39, 0.29) is 18.1 Å². The summed E-state index contributed by atoms with van der Waals surface area (Å²) < 4.78 is 4.90. The summed E-state index contributed by atoms with van der Waals surface area (Å²) >= 11 is 0. The van der Waals surface area contributed by atoms with Crippen LogP contribution in [-0.2, 0) is 9.53 Å². The van der Waals surface area contributed by atoms with Crippen molar-refractivity contribution < 1.29 is 14.6 Å². The number of hydrogen-bond acceptors (Lipinski definition) is 4. The van der Waals surface area contributed by atoms with Crippen molar-refractivity contribution in [2.75, 3.05) is 13.7 Å². The topological polar surface area (TPSA) is 49.8 Å². The zero-order chi connectivity index (χ0) is 12.4. The molecular weight excluding hydrogens is 218 g/mol. The van der Waals surface area contributed by atoms with E-state index in [1.807, 2.05) is 0 Å². The summed E-state index contributed by atoms with van der Waals surface area (Å²) in [7, 11) is 1.46. The molecule has 1 saturated carbocycles. The highest BCUT2D eigenvalue weighted by Gasteiger charge is 2.46. The van der Waals surface area contributed by atoms with Gasteiger partial charge in [0.2, 0.25) is 0 Å². The van der Waals surface area contributed by atoms with E-state index >= 15 is 0 Å². The molecule has 4 atom stereocenters. The molecule has 0 aromatic carbocycles. The van der Waals surface area contributed by atoms with E-state index in [4.69, 9.17) is 4.74 Å². The number of carbonyl (C=O) groups excluding carboxylic acids is 1. The van der Waals surface area contributed by atoms with E-state index in [0.29, 0.717) is 12.0 Å². The second-order valence-electron chi connectivity index (χ2n) is 5.31. The Kier molecular flexibility index (Phi) is 4.05. The maximum absolute atomic E-state index is 11.8. The lowest BCUT2D eigenvalue weighted by atomic mass is 9.83. The van der Waals surface area contributed by atoms with Crippen LogP contribution in [0.1, 0.15) is 39.0 Å². The summed E-state index contributed by atoms with van der Waals surface area (Å²) in [5.74, 6) is 0.455. The SMILES string of the molecule is CCCN1[C@@H]2C[C@@H](O)CC[C@@H]2C[C@H]1C(=O)OC. The predicted octanol–water partition coefficient (Wildman–Crippen LogP) is 1.17. The van der Waals surface area contributed by atoms with Crippen LogP contribution in [0.5, 0.6) is 0 Å². The van der Waals surface area contributed by atoms with E-state index in [1.165, 1.54) is 7.11 Å². The molecule has 2 fully saturated rings. The molecule has 0 radical (unpaired) electrons. The van der Waals surface area contributed by atoms with Crippen molar-refractivity contribution in [1.82, 2.24) is 4.90 Å². The fourth-order valence-corrected chi connectivity index (χ4v) is 3.47. The van der Waals surface area contributed by atoms with Crippen LogP contribution in [0.15, 0.2) is 0 Å². The van der Waals surface area contributed by atoms with Gasteiger partial charge < -0.3 is 9.84 Å². The van der Waals surface area contributed by atoms with Gasteiger partial charge in [-0.15, -0.1) is 0 Å². The van der Waals surface area contributed by atoms with Crippen LogP contribution in [0.2, 0.25) is 0 Å². The van der Waals surface area contributed by atoms with Gasteiger partial charge in [-0.05, 0) is 44.6 Å². The highest BCUT2D eigenvalue weighted by molar-refractivity contribution is 5.76. The van der Waals surface area contributed by atoms with Crippen LogP contribution in [0.25, 0.3) is 0 Å². The molecule has 0 unspecified atom stereocenters. The average molecular weight is 241 g/mol. The van der Waals surface area contributed by atoms with Gasteiger partial charge in [-0.2, -0.15) is 0 Å². The number of carbonyl (C=O) groups is 1. The highest BCUT2D eigenvalue weighted by atomic mass is 16.5. The second kappa shape index (κ2) is 5.36. The number of aliphatic hydroxyl groups excluding tert-OH is 1. The number of likely N-dealkylation sites (tertiary alicyclic amines) is 1. The summed E-state index contributed by atoms with van der Waals surface area (Å²) in [6, 6.07) is 0.294. The number of aliphatic hydroxyl groups is 1. The molecule has 2 aliphatic rings. The third kappa shape index (κ3) is 2.47. The molecule has 1 saturated heterocycles. The molecular formula is C13H23NO3. The molecule has 1 aliphatic carbocycles. The lowest BCUT2D eigenvalue weighted by molar-refractivity contribution is -0.146. The van der Waals surface area contributed by atoms with Crippen molar-refractivity contribution >= 4 is 5.97 Å². The molecule has 1 aliphatic heterocycles. The summed E-state index contributed by atoms with van der Waals surface area (Å²) in [6.45, 7) is 3.05. The van der Waals surface area contributed by atoms with Gasteiger partial charge in [-0.1, -0.05) is 6.92 Å². The number of hydrogen-bond donors (Lipinski definition) is 1. The van der Waals surface area contributed by atoms with Crippen LogP contribution in [-0.4, -0.2) is 47.8 Å². The minimum absolute atomic E-state index is 0.0831. The number of nitrogens with zero attached hydrogens (tertiary/aromatic N) is 1. The number of fused-ring (bicyclic) bond motifs is 1. The zero-order valence-electron chi connectivity index (χ0n) is 10.8. The molecule has 4 nitrogen and oxygen atoms in total. The van der Waals surface area contributed by atoms with Gasteiger partial charge in [-0.3, -0.25) is 9.69 Å². The van der Waals surface area contributed by atoms with Crippen molar-refractivity contribution in [3.63, 3.8) is 0 Å². The summed E-state index contributed by atoms with van der Waals surface area (Å²) in [4.78, 5) is 14.1. The van der Waals surface area contributed by atoms with Crippen LogP contribution >= 0.6 is 0 Å². The second-order valence-corrected chi connectivity index (χ2v) is 5.31. The first-order valence-electron chi connectivity index (χ1n) is 6.69. The van der Waals surface area contributed by atoms with E-state index in [1.54, 1.807) is 0 Å². The molecule has 1 N–H and O–H groups in total. The summed E-state index contributed by atoms with van der Waals surface area (Å²) in [6.07, 6.45) is 4.50. The molecule has 0 amide bonds. The third-order valence-electron chi connectivity index (χ3n) is 4.24. The fourth-order valence-electron chi connectivity index (χ4n) is 3.47. The van der Waals surface area contributed by atoms with E-state index in [2.05, 4.69) is 11.8 Å². The maximum atomic E-state index is 11.8. The van der Waals surface area contributed by atoms with Gasteiger partial charge in [0.1, 0.15) is 6.04 Å². The third-order valence-corrected chi connectivity index (χ3v) is 4.24. The van der Waals surface area contributed by atoms with Crippen LogP contribution in [0, 0.1) is 5.92 Å². The minimum atomic E-state index is -0.188. The van der Waals surface area contributed by atoms with Crippen molar-refractivity contribution in [3.05, 3.63) is 0 Å². The van der Waals surface area contributed by atoms with Gasteiger partial charge in [0.05, 0.1) is 13.2 Å². The average Bonchev–Trinajstić information content (AvgIpc) is 2.67. The van der Waals surface area contributed by atoms with Gasteiger partial charge >= 0.3 is 5.97 Å². The first-order valence-corrected chi connectivity index (χ1v) is 6.69. The molecule has 0 aromatic rings. The minimum Gasteiger partial charge on any atom is -0.468 e. The largest absolute Gasteiger partial charge is 0.468 e. The smallest absolute Gasteiger partial charge is 0.323 e. The molecule has 98 valence electrons. The van der Waals surface area contributed by atoms with Crippen LogP contribution < -0.4 is 0 Å². The number of rotatable bonds is 3. The Balaban J connectivity index is 2.11. The van der Waals surface area contributed by atoms with E-state index < -0.39 is 0 Å². The highest BCUT2D eigenvalue weighted by Crippen LogP contribution is 2.40. The standard InChI is InChI=1S/C13H23NO3/c1-3-6-14-11-8-10(15)5-4-9(11)7-12(14)13(16)17-2/h9-12,15H,3-8H2,1-2H3/t9-,10+,11-,12+/m1/s1. The first kappa shape index (κ1) is 12.8. The van der Waals surface area contributed by atoms with Gasteiger partial charge in [-0.25, -0.2) is 0 Å². The monoisotopic (exact) mass is 241 g/mol. The Bertz CT molecular complexity index is 282. The fraction of sp³-hybridized carbons (Fsp3) is 0.923. The predicted molar refractivity (Wildman–Crippen MR) is 64.6 cm³/mol. The maximum Gasteiger partial charge on any atom is 0.323 e. The zero-order valence-corrected chi connectivity index (χ0v) is 10.8. The van der Waals surface area contributed by atoms with Crippen LogP contribution in [0.4, 0.5) is 0 Å². The van der Waals surface area contributed by atoms with Gasteiger partial charge in [0.15, 0.2) is 0 Å². The Morgan fingerprint density at radius 3 is 2.82 bits per heavy atom. The molecule has 1 heterocycles. The molecule has 17 heavy (non-hydrogen) atoms. The van der Waals surface area contributed by atoms with E-state index in [0.717, 1.165) is 38.6 Å². The van der Waals surface area contributed by atoms with Crippen LogP contribution in [0.3, 0.4) is 0 Å². The Hall–Kier alpha value is -0.610. The number of methoxy groups -OCH3 is 1. The summed E-state index contributed by atoms with van der Waals surface area (Å²) in [5, 5.41) is 9.78. The van der Waals surface area contributed by atoms with Crippen molar-refractivity contribution in [1.29, 1.82) is 0 Å². The lowest BCUT2D eigenvalue weighted by Gasteiger charge is -2.35. The molecule has 0 bridgehead atoms. The Morgan fingerprint density at radius 1 is 1.41 bits per heavy atom. The Morgan fingerprint density at radius 2 is 2.18 bits per heavy atom. The quantitative estimate of drug-likeness (QED) is 0.754. The van der Waals surface area contributed by atoms with E-state index in [9.17, 15) is 9.90 Å². The van der Waals surface area contributed by atoms with Crippen molar-refractivity contribution in [3.8, 4) is 0 Å². The first-order chi connectivity index (χ1) is 8.17. The Labute approximate surface area is 103 Å². The van der Waals surface area contributed by atoms with Gasteiger partial charge in [0, 0.05) is 6.04 Å². The lowest BCUT2D eigenvalue weighted by Crippen LogP contribution is -2.45. The van der Waals surface area contributed by atoms with Crippen molar-refractivity contribution in [2.45, 2.75) is 57.2 Å². The molecule has 2 rings (SSSR count). The molecule has 4 heteroatoms. The molecule has 0 spiro atoms. The summed E-state index contributed by atoms with van der Waals surface area (Å²) in [5.41, 5.74) is 0. The number of ether oxygens (including phenoxy) is 1. The van der Waals surface area contributed by atoms with Gasteiger partial charge in [0.25, 0.3) is 0 Å². The molecule has 0 aromatic heterocycles. The normalized spacial score (nSPS) is 37.8. The number of esters is 1.